The summed E-state index contributed by atoms with van der Waals surface area (Å²) in [4.78, 5) is 28.5. The van der Waals surface area contributed by atoms with Crippen molar-refractivity contribution in [3.8, 4) is 0 Å². The van der Waals surface area contributed by atoms with Crippen molar-refractivity contribution in [3.05, 3.63) is 35.6 Å². The van der Waals surface area contributed by atoms with Crippen LogP contribution in [0, 0.1) is 6.92 Å². The molecule has 2 aliphatic heterocycles. The number of carbonyl (C=O) groups excluding carboxylic acids is 2. The molecule has 4 rings (SSSR count). The van der Waals surface area contributed by atoms with Crippen LogP contribution in [0.5, 0.6) is 0 Å². The fourth-order valence-corrected chi connectivity index (χ4v) is 4.79. The quantitative estimate of drug-likeness (QED) is 0.817. The van der Waals surface area contributed by atoms with Gasteiger partial charge in [0.05, 0.1) is 18.2 Å². The van der Waals surface area contributed by atoms with Crippen molar-refractivity contribution in [3.63, 3.8) is 0 Å². The number of fused-ring (bicyclic) bond motifs is 1. The number of aliphatic hydroxyl groups is 1. The average Bonchev–Trinajstić information content (AvgIpc) is 3.06. The second-order valence-corrected chi connectivity index (χ2v) is 9.02. The summed E-state index contributed by atoms with van der Waals surface area (Å²) in [6.07, 6.45) is 1.88. The highest BCUT2D eigenvalue weighted by molar-refractivity contribution is 5.99. The van der Waals surface area contributed by atoms with Gasteiger partial charge in [-0.3, -0.25) is 9.59 Å². The molecule has 1 N–H and O–H groups in total. The summed E-state index contributed by atoms with van der Waals surface area (Å²) in [6, 6.07) is 7.35. The smallest absolute Gasteiger partial charge is 0.289 e. The molecule has 7 nitrogen and oxygen atoms in total. The van der Waals surface area contributed by atoms with Crippen molar-refractivity contribution in [2.45, 2.75) is 57.3 Å². The van der Waals surface area contributed by atoms with Gasteiger partial charge in [-0.25, -0.2) is 0 Å². The first-order valence-electron chi connectivity index (χ1n) is 10.5. The lowest BCUT2D eigenvalue weighted by atomic mass is 9.77. The Balaban J connectivity index is 1.48. The Morgan fingerprint density at radius 2 is 1.90 bits per heavy atom. The van der Waals surface area contributed by atoms with Crippen LogP contribution in [0.4, 0.5) is 0 Å². The van der Waals surface area contributed by atoms with Crippen LogP contribution in [0.15, 0.2) is 28.7 Å². The predicted molar refractivity (Wildman–Crippen MR) is 112 cm³/mol. The molecule has 2 aliphatic rings. The molecule has 0 saturated carbocycles. The number of likely N-dealkylation sites (N-methyl/N-ethyl adjacent to an activating group) is 1. The number of amides is 2. The zero-order valence-corrected chi connectivity index (χ0v) is 18.1. The second-order valence-electron chi connectivity index (χ2n) is 9.02. The maximum Gasteiger partial charge on any atom is 0.289 e. The van der Waals surface area contributed by atoms with E-state index in [1.165, 1.54) is 6.92 Å². The molecule has 0 radical (unpaired) electrons. The molecule has 0 aliphatic carbocycles. The van der Waals surface area contributed by atoms with Crippen LogP contribution in [0.3, 0.4) is 0 Å². The van der Waals surface area contributed by atoms with Gasteiger partial charge in [0.2, 0.25) is 5.91 Å². The number of carbonyl (C=O) groups is 2. The third-order valence-corrected chi connectivity index (χ3v) is 6.92. The van der Waals surface area contributed by atoms with E-state index >= 15 is 0 Å². The number of hydrogen-bond donors (Lipinski definition) is 1. The first-order valence-corrected chi connectivity index (χ1v) is 10.5. The van der Waals surface area contributed by atoms with Gasteiger partial charge < -0.3 is 24.1 Å². The number of ether oxygens (including phenoxy) is 1. The van der Waals surface area contributed by atoms with Crippen LogP contribution in [0.1, 0.15) is 49.2 Å². The summed E-state index contributed by atoms with van der Waals surface area (Å²) >= 11 is 0. The van der Waals surface area contributed by atoms with E-state index in [9.17, 15) is 14.7 Å². The molecule has 3 heterocycles. The normalized spacial score (nSPS) is 26.2. The summed E-state index contributed by atoms with van der Waals surface area (Å²) in [7, 11) is 1.73. The number of piperidine rings is 1. The highest BCUT2D eigenvalue weighted by atomic mass is 16.5. The Morgan fingerprint density at radius 1 is 1.23 bits per heavy atom. The number of likely N-dealkylation sites (tertiary alicyclic amines) is 1. The minimum absolute atomic E-state index is 0.0784. The van der Waals surface area contributed by atoms with E-state index in [1.54, 1.807) is 18.9 Å². The second kappa shape index (κ2) is 7.39. The average molecular weight is 415 g/mol. The van der Waals surface area contributed by atoms with Crippen LogP contribution in [0.25, 0.3) is 11.0 Å². The van der Waals surface area contributed by atoms with E-state index in [1.807, 2.05) is 36.1 Å². The van der Waals surface area contributed by atoms with Crippen LogP contribution in [-0.2, 0) is 9.53 Å². The maximum atomic E-state index is 13.1. The SMILES string of the molecule is CC(=O)N(C)[C@H]1CC2(CCN(C(=O)c3oc4ccccc4c3C)CC2)OC[C@]1(C)O. The fraction of sp³-hybridized carbons (Fsp3) is 0.565. The zero-order chi connectivity index (χ0) is 21.7. The third kappa shape index (κ3) is 3.50. The molecule has 2 amide bonds. The van der Waals surface area contributed by atoms with Gasteiger partial charge in [-0.05, 0) is 39.2 Å². The molecule has 0 unspecified atom stereocenters. The van der Waals surface area contributed by atoms with E-state index in [4.69, 9.17) is 9.15 Å². The van der Waals surface area contributed by atoms with Crippen molar-refractivity contribution in [1.29, 1.82) is 0 Å². The molecular formula is C23H30N2O5. The molecule has 2 aromatic rings. The molecule has 0 bridgehead atoms. The van der Waals surface area contributed by atoms with E-state index in [-0.39, 0.29) is 24.5 Å². The Kier molecular flexibility index (Phi) is 5.14. The predicted octanol–water partition coefficient (Wildman–Crippen LogP) is 2.73. The van der Waals surface area contributed by atoms with Crippen molar-refractivity contribution >= 4 is 22.8 Å². The first-order chi connectivity index (χ1) is 14.1. The lowest BCUT2D eigenvalue weighted by Gasteiger charge is -2.52. The van der Waals surface area contributed by atoms with Crippen molar-refractivity contribution in [2.24, 2.45) is 0 Å². The van der Waals surface area contributed by atoms with Crippen molar-refractivity contribution < 1.29 is 23.8 Å². The minimum Gasteiger partial charge on any atom is -0.451 e. The molecule has 1 spiro atoms. The van der Waals surface area contributed by atoms with Crippen LogP contribution in [-0.4, -0.2) is 70.7 Å². The van der Waals surface area contributed by atoms with Gasteiger partial charge in [-0.1, -0.05) is 18.2 Å². The molecule has 2 saturated heterocycles. The van der Waals surface area contributed by atoms with Crippen molar-refractivity contribution in [2.75, 3.05) is 26.7 Å². The summed E-state index contributed by atoms with van der Waals surface area (Å²) in [5.74, 6) is 0.220. The van der Waals surface area contributed by atoms with Gasteiger partial charge in [0, 0.05) is 38.0 Å². The first kappa shape index (κ1) is 20.9. The number of benzene rings is 1. The molecular weight excluding hydrogens is 384 g/mol. The van der Waals surface area contributed by atoms with Crippen LogP contribution in [0.2, 0.25) is 0 Å². The molecule has 162 valence electrons. The molecule has 1 aromatic carbocycles. The zero-order valence-electron chi connectivity index (χ0n) is 18.1. The van der Waals surface area contributed by atoms with Gasteiger partial charge in [0.25, 0.3) is 5.91 Å². The number of para-hydroxylation sites is 1. The molecule has 1 aromatic heterocycles. The number of nitrogens with zero attached hydrogens (tertiary/aromatic N) is 2. The maximum absolute atomic E-state index is 13.1. The highest BCUT2D eigenvalue weighted by Crippen LogP contribution is 2.40. The van der Waals surface area contributed by atoms with Gasteiger partial charge in [0.15, 0.2) is 5.76 Å². The summed E-state index contributed by atoms with van der Waals surface area (Å²) in [6.45, 7) is 6.41. The number of furan rings is 1. The Labute approximate surface area is 176 Å². The fourth-order valence-electron chi connectivity index (χ4n) is 4.79. The minimum atomic E-state index is -1.09. The van der Waals surface area contributed by atoms with Crippen molar-refractivity contribution in [1.82, 2.24) is 9.80 Å². The third-order valence-electron chi connectivity index (χ3n) is 6.92. The molecule has 2 atom stereocenters. The highest BCUT2D eigenvalue weighted by Gasteiger charge is 2.50. The van der Waals surface area contributed by atoms with Gasteiger partial charge in [0.1, 0.15) is 11.2 Å². The van der Waals surface area contributed by atoms with Gasteiger partial charge >= 0.3 is 0 Å². The Morgan fingerprint density at radius 3 is 2.53 bits per heavy atom. The monoisotopic (exact) mass is 414 g/mol. The van der Waals surface area contributed by atoms with Crippen LogP contribution >= 0.6 is 0 Å². The summed E-state index contributed by atoms with van der Waals surface area (Å²) < 4.78 is 12.0. The lowest BCUT2D eigenvalue weighted by Crippen LogP contribution is -2.64. The number of aryl methyl sites for hydroxylation is 1. The molecule has 2 fully saturated rings. The molecule has 7 heteroatoms. The summed E-state index contributed by atoms with van der Waals surface area (Å²) in [5.41, 5.74) is 0.0594. The van der Waals surface area contributed by atoms with Gasteiger partial charge in [-0.15, -0.1) is 0 Å². The van der Waals surface area contributed by atoms with Gasteiger partial charge in [-0.2, -0.15) is 0 Å². The number of hydrogen-bond acceptors (Lipinski definition) is 5. The Hall–Kier alpha value is -2.38. The van der Waals surface area contributed by atoms with E-state index < -0.39 is 11.2 Å². The summed E-state index contributed by atoms with van der Waals surface area (Å²) in [5, 5.41) is 11.7. The topological polar surface area (TPSA) is 83.2 Å². The number of rotatable bonds is 2. The van der Waals surface area contributed by atoms with E-state index in [0.29, 0.717) is 38.1 Å². The van der Waals surface area contributed by atoms with E-state index in [2.05, 4.69) is 0 Å². The largest absolute Gasteiger partial charge is 0.451 e. The lowest BCUT2D eigenvalue weighted by molar-refractivity contribution is -0.207. The molecule has 30 heavy (non-hydrogen) atoms. The Bertz CT molecular complexity index is 971. The standard InChI is InChI=1S/C23H30N2O5/c1-15-17-7-5-6-8-18(17)30-20(15)21(27)25-11-9-23(10-12-25)13-19(24(4)16(2)26)22(3,28)14-29-23/h5-8,19,28H,9-14H2,1-4H3/t19-,22-/m0/s1. The van der Waals surface area contributed by atoms with E-state index in [0.717, 1.165) is 16.5 Å². The van der Waals surface area contributed by atoms with Crippen LogP contribution < -0.4 is 0 Å².